The van der Waals surface area contributed by atoms with Gasteiger partial charge in [0.15, 0.2) is 0 Å². The molecule has 0 bridgehead atoms. The molecule has 6 heteroatoms. The first-order chi connectivity index (χ1) is 12.6. The maximum atomic E-state index is 13.8. The molecule has 26 heavy (non-hydrogen) atoms. The number of hydrogen-bond donors (Lipinski definition) is 2. The predicted octanol–water partition coefficient (Wildman–Crippen LogP) is 4.53. The molecule has 0 spiro atoms. The van der Waals surface area contributed by atoms with Crippen LogP contribution in [0.4, 0.5) is 21.6 Å². The molecule has 0 unspecified atom stereocenters. The number of aryl methyl sites for hydroxylation is 1. The number of nitrogens with one attached hydrogen (secondary N) is 2. The van der Waals surface area contributed by atoms with Crippen molar-refractivity contribution in [1.82, 2.24) is 4.98 Å². The number of aromatic nitrogens is 1. The monoisotopic (exact) mass is 351 g/mol. The van der Waals surface area contributed by atoms with Crippen LogP contribution in [0, 0.1) is 12.7 Å². The third-order valence-electron chi connectivity index (χ3n) is 3.76. The number of methoxy groups -OCH3 is 1. The minimum absolute atomic E-state index is 0.290. The number of benzene rings is 2. The van der Waals surface area contributed by atoms with E-state index in [1.807, 2.05) is 19.1 Å². The van der Waals surface area contributed by atoms with Crippen LogP contribution in [0.3, 0.4) is 0 Å². The van der Waals surface area contributed by atoms with Crippen molar-refractivity contribution >= 4 is 23.1 Å². The van der Waals surface area contributed by atoms with Crippen molar-refractivity contribution in [3.8, 4) is 5.75 Å². The lowest BCUT2D eigenvalue weighted by Crippen LogP contribution is -2.13. The number of carbonyl (C=O) groups excluding carboxylic acids is 1. The second kappa shape index (κ2) is 7.65. The molecule has 0 aliphatic carbocycles. The third kappa shape index (κ3) is 3.97. The van der Waals surface area contributed by atoms with Crippen molar-refractivity contribution in [3.63, 3.8) is 0 Å². The van der Waals surface area contributed by atoms with Gasteiger partial charge < -0.3 is 15.4 Å². The number of hydrogen-bond acceptors (Lipinski definition) is 4. The predicted molar refractivity (Wildman–Crippen MR) is 99.6 cm³/mol. The van der Waals surface area contributed by atoms with Gasteiger partial charge >= 0.3 is 0 Å². The molecule has 132 valence electrons. The van der Waals surface area contributed by atoms with Crippen LogP contribution >= 0.6 is 0 Å². The molecule has 0 aliphatic heterocycles. The van der Waals surface area contributed by atoms with Crippen LogP contribution in [0.2, 0.25) is 0 Å². The lowest BCUT2D eigenvalue weighted by Gasteiger charge is -2.12. The van der Waals surface area contributed by atoms with E-state index in [9.17, 15) is 9.18 Å². The van der Waals surface area contributed by atoms with Crippen molar-refractivity contribution in [2.24, 2.45) is 0 Å². The maximum absolute atomic E-state index is 13.8. The van der Waals surface area contributed by atoms with Crippen LogP contribution < -0.4 is 15.4 Å². The topological polar surface area (TPSA) is 63.2 Å². The fourth-order valence-corrected chi connectivity index (χ4v) is 2.45. The number of halogens is 1. The molecule has 1 aromatic heterocycles. The average molecular weight is 351 g/mol. The number of rotatable bonds is 5. The zero-order valence-electron chi connectivity index (χ0n) is 14.4. The summed E-state index contributed by atoms with van der Waals surface area (Å²) in [7, 11) is 1.54. The van der Waals surface area contributed by atoms with E-state index in [1.54, 1.807) is 43.5 Å². The highest BCUT2D eigenvalue weighted by Crippen LogP contribution is 2.26. The molecule has 1 amide bonds. The first-order valence-electron chi connectivity index (χ1n) is 8.00. The van der Waals surface area contributed by atoms with Gasteiger partial charge in [-0.2, -0.15) is 0 Å². The van der Waals surface area contributed by atoms with Gasteiger partial charge in [0.2, 0.25) is 0 Å². The molecule has 0 atom stereocenters. The van der Waals surface area contributed by atoms with E-state index < -0.39 is 5.82 Å². The molecular formula is C20H18FN3O2. The number of anilines is 3. The van der Waals surface area contributed by atoms with E-state index in [1.165, 1.54) is 12.3 Å². The zero-order chi connectivity index (χ0) is 18.5. The van der Waals surface area contributed by atoms with Crippen molar-refractivity contribution in [2.75, 3.05) is 17.7 Å². The van der Waals surface area contributed by atoms with E-state index >= 15 is 0 Å². The summed E-state index contributed by atoms with van der Waals surface area (Å²) in [6, 6.07) is 14.9. The fourth-order valence-electron chi connectivity index (χ4n) is 2.45. The third-order valence-corrected chi connectivity index (χ3v) is 3.76. The van der Waals surface area contributed by atoms with Crippen LogP contribution in [-0.4, -0.2) is 18.0 Å². The quantitative estimate of drug-likeness (QED) is 0.709. The van der Waals surface area contributed by atoms with Crippen molar-refractivity contribution in [3.05, 3.63) is 77.7 Å². The Morgan fingerprint density at radius 2 is 1.88 bits per heavy atom. The fraction of sp³-hybridized carbons (Fsp3) is 0.100. The van der Waals surface area contributed by atoms with E-state index in [0.29, 0.717) is 22.8 Å². The van der Waals surface area contributed by atoms with Crippen LogP contribution in [0.15, 0.2) is 60.8 Å². The molecular weight excluding hydrogens is 333 g/mol. The highest BCUT2D eigenvalue weighted by atomic mass is 19.1. The van der Waals surface area contributed by atoms with E-state index in [2.05, 4.69) is 15.6 Å². The summed E-state index contributed by atoms with van der Waals surface area (Å²) in [4.78, 5) is 16.7. The highest BCUT2D eigenvalue weighted by Gasteiger charge is 2.11. The van der Waals surface area contributed by atoms with Gasteiger partial charge in [0.1, 0.15) is 17.4 Å². The normalized spacial score (nSPS) is 10.3. The largest absolute Gasteiger partial charge is 0.495 e. The molecule has 0 radical (unpaired) electrons. The van der Waals surface area contributed by atoms with E-state index in [4.69, 9.17) is 4.74 Å². The second-order valence-electron chi connectivity index (χ2n) is 5.69. The lowest BCUT2D eigenvalue weighted by atomic mass is 10.2. The Balaban J connectivity index is 1.81. The summed E-state index contributed by atoms with van der Waals surface area (Å²) >= 11 is 0. The summed E-state index contributed by atoms with van der Waals surface area (Å²) in [5.74, 6) is 0.239. The molecule has 3 rings (SSSR count). The molecule has 5 nitrogen and oxygen atoms in total. The molecule has 1 heterocycles. The molecule has 2 aromatic carbocycles. The van der Waals surface area contributed by atoms with Crippen molar-refractivity contribution in [2.45, 2.75) is 6.92 Å². The SMILES string of the molecule is COc1ccc(C)cc1NC(=O)c1ccnc(Nc2ccccc2F)c1. The van der Waals surface area contributed by atoms with Crippen molar-refractivity contribution < 1.29 is 13.9 Å². The Labute approximate surface area is 150 Å². The van der Waals surface area contributed by atoms with Crippen LogP contribution in [0.5, 0.6) is 5.75 Å². The van der Waals surface area contributed by atoms with Crippen molar-refractivity contribution in [1.29, 1.82) is 0 Å². The number of para-hydroxylation sites is 1. The lowest BCUT2D eigenvalue weighted by molar-refractivity contribution is 0.102. The van der Waals surface area contributed by atoms with Crippen LogP contribution in [-0.2, 0) is 0 Å². The molecule has 0 saturated carbocycles. The molecule has 2 N–H and O–H groups in total. The maximum Gasteiger partial charge on any atom is 0.255 e. The van der Waals surface area contributed by atoms with Gasteiger partial charge in [-0.25, -0.2) is 9.37 Å². The average Bonchev–Trinajstić information content (AvgIpc) is 2.64. The first kappa shape index (κ1) is 17.4. The molecule has 0 saturated heterocycles. The number of ether oxygens (including phenoxy) is 1. The molecule has 3 aromatic rings. The van der Waals surface area contributed by atoms with E-state index in [0.717, 1.165) is 5.56 Å². The van der Waals surface area contributed by atoms with Gasteiger partial charge in [-0.15, -0.1) is 0 Å². The number of pyridine rings is 1. The van der Waals surface area contributed by atoms with E-state index in [-0.39, 0.29) is 11.6 Å². The first-order valence-corrected chi connectivity index (χ1v) is 8.00. The van der Waals surface area contributed by atoms with Crippen LogP contribution in [0.1, 0.15) is 15.9 Å². The second-order valence-corrected chi connectivity index (χ2v) is 5.69. The number of carbonyl (C=O) groups is 1. The highest BCUT2D eigenvalue weighted by molar-refractivity contribution is 6.05. The molecule has 0 fully saturated rings. The smallest absolute Gasteiger partial charge is 0.255 e. The Morgan fingerprint density at radius 3 is 2.65 bits per heavy atom. The summed E-state index contributed by atoms with van der Waals surface area (Å²) in [6.45, 7) is 1.93. The summed E-state index contributed by atoms with van der Waals surface area (Å²) in [5.41, 5.74) is 2.26. The van der Waals surface area contributed by atoms with Gasteiger partial charge in [-0.3, -0.25) is 4.79 Å². The van der Waals surface area contributed by atoms with Gasteiger partial charge in [0.25, 0.3) is 5.91 Å². The number of nitrogens with zero attached hydrogens (tertiary/aromatic N) is 1. The standard InChI is InChI=1S/C20H18FN3O2/c1-13-7-8-18(26-2)17(11-13)24-20(25)14-9-10-22-19(12-14)23-16-6-4-3-5-15(16)21/h3-12H,1-2H3,(H,22,23)(H,24,25). The minimum atomic E-state index is -0.395. The summed E-state index contributed by atoms with van der Waals surface area (Å²) < 4.78 is 19.0. The Bertz CT molecular complexity index is 944. The Hall–Kier alpha value is -3.41. The summed E-state index contributed by atoms with van der Waals surface area (Å²) in [6.07, 6.45) is 1.49. The molecule has 0 aliphatic rings. The Kier molecular flexibility index (Phi) is 5.12. The number of amides is 1. The zero-order valence-corrected chi connectivity index (χ0v) is 14.4. The van der Waals surface area contributed by atoms with Gasteiger partial charge in [0.05, 0.1) is 18.5 Å². The minimum Gasteiger partial charge on any atom is -0.495 e. The van der Waals surface area contributed by atoms with Gasteiger partial charge in [-0.05, 0) is 48.9 Å². The van der Waals surface area contributed by atoms with Gasteiger partial charge in [0, 0.05) is 11.8 Å². The van der Waals surface area contributed by atoms with Crippen LogP contribution in [0.25, 0.3) is 0 Å². The summed E-state index contributed by atoms with van der Waals surface area (Å²) in [5, 5.41) is 5.70. The Morgan fingerprint density at radius 1 is 1.08 bits per heavy atom. The van der Waals surface area contributed by atoms with Gasteiger partial charge in [-0.1, -0.05) is 18.2 Å².